The Labute approximate surface area is 90.3 Å². The molecule has 0 spiro atoms. The molecule has 0 saturated heterocycles. The normalized spacial score (nSPS) is 12.8. The number of ether oxygens (including phenoxy) is 1. The highest BCUT2D eigenvalue weighted by Gasteiger charge is 2.11. The minimum Gasteiger partial charge on any atom is -0.496 e. The van der Waals surface area contributed by atoms with Gasteiger partial charge in [0, 0.05) is 16.3 Å². The van der Waals surface area contributed by atoms with Gasteiger partial charge in [-0.05, 0) is 19.5 Å². The van der Waals surface area contributed by atoms with Crippen LogP contribution in [-0.4, -0.2) is 14.2 Å². The lowest BCUT2D eigenvalue weighted by molar-refractivity contribution is 0.415. The highest BCUT2D eigenvalue weighted by Crippen LogP contribution is 2.29. The predicted octanol–water partition coefficient (Wildman–Crippen LogP) is 3.21. The van der Waals surface area contributed by atoms with Crippen LogP contribution in [-0.2, 0) is 0 Å². The summed E-state index contributed by atoms with van der Waals surface area (Å²) in [7, 11) is 3.73. The fraction of sp³-hybridized carbons (Fsp3) is 0.636. The van der Waals surface area contributed by atoms with Crippen LogP contribution in [0.4, 0.5) is 0 Å². The van der Waals surface area contributed by atoms with Gasteiger partial charge in [0.25, 0.3) is 0 Å². The van der Waals surface area contributed by atoms with Crippen LogP contribution in [0, 0.1) is 0 Å². The van der Waals surface area contributed by atoms with Crippen molar-refractivity contribution in [2.75, 3.05) is 14.2 Å². The number of nitrogens with one attached hydrogen (secondary N) is 1. The summed E-state index contributed by atoms with van der Waals surface area (Å²) in [5.41, 5.74) is 0. The maximum atomic E-state index is 5.18. The third kappa shape index (κ3) is 3.00. The van der Waals surface area contributed by atoms with Crippen LogP contribution in [0.5, 0.6) is 5.75 Å². The molecular weight excluding hydrogens is 194 g/mol. The average Bonchev–Trinajstić information content (AvgIpc) is 2.68. The summed E-state index contributed by atoms with van der Waals surface area (Å²) in [5, 5.41) is 5.41. The van der Waals surface area contributed by atoms with E-state index >= 15 is 0 Å². The number of methoxy groups -OCH3 is 1. The maximum absolute atomic E-state index is 5.18. The van der Waals surface area contributed by atoms with Crippen LogP contribution < -0.4 is 10.1 Å². The van der Waals surface area contributed by atoms with E-state index in [4.69, 9.17) is 4.74 Å². The molecule has 1 atom stereocenters. The molecule has 14 heavy (non-hydrogen) atoms. The number of hydrogen-bond donors (Lipinski definition) is 1. The predicted molar refractivity (Wildman–Crippen MR) is 62.2 cm³/mol. The van der Waals surface area contributed by atoms with Crippen molar-refractivity contribution in [2.24, 2.45) is 0 Å². The topological polar surface area (TPSA) is 21.3 Å². The number of unbranched alkanes of at least 4 members (excludes halogenated alkanes) is 1. The van der Waals surface area contributed by atoms with Crippen LogP contribution in [0.1, 0.15) is 37.1 Å². The Morgan fingerprint density at radius 1 is 1.57 bits per heavy atom. The Morgan fingerprint density at radius 2 is 2.36 bits per heavy atom. The van der Waals surface area contributed by atoms with Gasteiger partial charge in [-0.1, -0.05) is 19.8 Å². The van der Waals surface area contributed by atoms with Crippen molar-refractivity contribution in [3.63, 3.8) is 0 Å². The van der Waals surface area contributed by atoms with Crippen LogP contribution in [0.3, 0.4) is 0 Å². The third-order valence-electron chi connectivity index (χ3n) is 2.37. The van der Waals surface area contributed by atoms with Gasteiger partial charge in [0.15, 0.2) is 0 Å². The first-order valence-electron chi connectivity index (χ1n) is 5.11. The molecule has 0 radical (unpaired) electrons. The lowest BCUT2D eigenvalue weighted by atomic mass is 10.1. The molecule has 80 valence electrons. The van der Waals surface area contributed by atoms with Crippen molar-refractivity contribution in [1.82, 2.24) is 5.32 Å². The minimum atomic E-state index is 0.490. The van der Waals surface area contributed by atoms with Gasteiger partial charge in [-0.15, -0.1) is 11.3 Å². The SMILES string of the molecule is CCCCC(NC)c1cc(OC)cs1. The molecule has 0 saturated carbocycles. The van der Waals surface area contributed by atoms with Crippen molar-refractivity contribution < 1.29 is 4.74 Å². The molecule has 1 N–H and O–H groups in total. The Hall–Kier alpha value is -0.540. The quantitative estimate of drug-likeness (QED) is 0.783. The van der Waals surface area contributed by atoms with Crippen LogP contribution >= 0.6 is 11.3 Å². The molecular formula is C11H19NOS. The number of hydrogen-bond acceptors (Lipinski definition) is 3. The minimum absolute atomic E-state index is 0.490. The third-order valence-corrected chi connectivity index (χ3v) is 3.39. The second kappa shape index (κ2) is 6.04. The van der Waals surface area contributed by atoms with Gasteiger partial charge in [0.05, 0.1) is 7.11 Å². The summed E-state index contributed by atoms with van der Waals surface area (Å²) in [4.78, 5) is 1.37. The Balaban J connectivity index is 2.58. The van der Waals surface area contributed by atoms with Crippen molar-refractivity contribution in [3.8, 4) is 5.75 Å². The summed E-state index contributed by atoms with van der Waals surface area (Å²) in [5.74, 6) is 0.974. The van der Waals surface area contributed by atoms with E-state index in [0.717, 1.165) is 5.75 Å². The fourth-order valence-corrected chi connectivity index (χ4v) is 2.46. The van der Waals surface area contributed by atoms with E-state index in [1.165, 1.54) is 24.1 Å². The standard InChI is InChI=1S/C11H19NOS/c1-4-5-6-10(12-2)11-7-9(13-3)8-14-11/h7-8,10,12H,4-6H2,1-3H3. The Bertz CT molecular complexity index is 260. The first kappa shape index (κ1) is 11.5. The van der Waals surface area contributed by atoms with Crippen molar-refractivity contribution in [2.45, 2.75) is 32.2 Å². The van der Waals surface area contributed by atoms with E-state index in [0.29, 0.717) is 6.04 Å². The molecule has 0 aliphatic carbocycles. The molecule has 0 aliphatic rings. The molecule has 1 aromatic heterocycles. The lowest BCUT2D eigenvalue weighted by Gasteiger charge is -2.13. The Kier molecular flexibility index (Phi) is 4.98. The average molecular weight is 213 g/mol. The van der Waals surface area contributed by atoms with Crippen molar-refractivity contribution >= 4 is 11.3 Å². The molecule has 1 rings (SSSR count). The molecule has 0 amide bonds. The van der Waals surface area contributed by atoms with Gasteiger partial charge in [-0.2, -0.15) is 0 Å². The number of rotatable bonds is 6. The van der Waals surface area contributed by atoms with E-state index < -0.39 is 0 Å². The molecule has 0 aliphatic heterocycles. The van der Waals surface area contributed by atoms with E-state index in [-0.39, 0.29) is 0 Å². The van der Waals surface area contributed by atoms with Gasteiger partial charge in [0.2, 0.25) is 0 Å². The largest absolute Gasteiger partial charge is 0.496 e. The van der Waals surface area contributed by atoms with Crippen molar-refractivity contribution in [1.29, 1.82) is 0 Å². The van der Waals surface area contributed by atoms with Gasteiger partial charge in [0.1, 0.15) is 5.75 Å². The fourth-order valence-electron chi connectivity index (χ4n) is 1.46. The van der Waals surface area contributed by atoms with E-state index in [1.54, 1.807) is 18.4 Å². The van der Waals surface area contributed by atoms with E-state index in [2.05, 4.69) is 23.7 Å². The zero-order chi connectivity index (χ0) is 10.4. The monoisotopic (exact) mass is 213 g/mol. The molecule has 1 aromatic rings. The molecule has 0 fully saturated rings. The maximum Gasteiger partial charge on any atom is 0.129 e. The molecule has 2 nitrogen and oxygen atoms in total. The van der Waals surface area contributed by atoms with Crippen LogP contribution in [0.25, 0.3) is 0 Å². The summed E-state index contributed by atoms with van der Waals surface area (Å²) in [6.07, 6.45) is 3.73. The highest BCUT2D eigenvalue weighted by molar-refractivity contribution is 7.10. The molecule has 0 bridgehead atoms. The molecule has 1 heterocycles. The zero-order valence-corrected chi connectivity index (χ0v) is 9.99. The van der Waals surface area contributed by atoms with Gasteiger partial charge >= 0.3 is 0 Å². The van der Waals surface area contributed by atoms with E-state index in [1.807, 2.05) is 7.05 Å². The summed E-state index contributed by atoms with van der Waals surface area (Å²) in [6.45, 7) is 2.22. The summed E-state index contributed by atoms with van der Waals surface area (Å²) in [6, 6.07) is 2.62. The van der Waals surface area contributed by atoms with Gasteiger partial charge < -0.3 is 10.1 Å². The van der Waals surface area contributed by atoms with Gasteiger partial charge in [-0.25, -0.2) is 0 Å². The Morgan fingerprint density at radius 3 is 2.86 bits per heavy atom. The first-order valence-corrected chi connectivity index (χ1v) is 5.99. The van der Waals surface area contributed by atoms with E-state index in [9.17, 15) is 0 Å². The summed E-state index contributed by atoms with van der Waals surface area (Å²) >= 11 is 1.77. The lowest BCUT2D eigenvalue weighted by Crippen LogP contribution is -2.14. The number of thiophene rings is 1. The summed E-state index contributed by atoms with van der Waals surface area (Å²) < 4.78 is 5.18. The van der Waals surface area contributed by atoms with Crippen LogP contribution in [0.15, 0.2) is 11.4 Å². The molecule has 1 unspecified atom stereocenters. The molecule has 0 aromatic carbocycles. The second-order valence-corrected chi connectivity index (χ2v) is 4.32. The van der Waals surface area contributed by atoms with Crippen molar-refractivity contribution in [3.05, 3.63) is 16.3 Å². The van der Waals surface area contributed by atoms with Crippen LogP contribution in [0.2, 0.25) is 0 Å². The smallest absolute Gasteiger partial charge is 0.129 e. The first-order chi connectivity index (χ1) is 6.81. The second-order valence-electron chi connectivity index (χ2n) is 3.37. The molecule has 3 heteroatoms. The highest BCUT2D eigenvalue weighted by atomic mass is 32.1. The zero-order valence-electron chi connectivity index (χ0n) is 9.17. The van der Waals surface area contributed by atoms with Gasteiger partial charge in [-0.3, -0.25) is 0 Å².